The Morgan fingerprint density at radius 3 is 2.44 bits per heavy atom. The molecule has 1 heterocycles. The van der Waals surface area contributed by atoms with Crippen molar-refractivity contribution in [1.29, 1.82) is 0 Å². The van der Waals surface area contributed by atoms with Crippen molar-refractivity contribution in [2.45, 2.75) is 19.8 Å². The highest BCUT2D eigenvalue weighted by Crippen LogP contribution is 2.56. The van der Waals surface area contributed by atoms with E-state index in [1.54, 1.807) is 0 Å². The van der Waals surface area contributed by atoms with Crippen LogP contribution in [0, 0.1) is 11.3 Å². The van der Waals surface area contributed by atoms with Gasteiger partial charge in [0, 0.05) is 36.0 Å². The third kappa shape index (κ3) is 0.909. The van der Waals surface area contributed by atoms with E-state index >= 15 is 0 Å². The third-order valence-electron chi connectivity index (χ3n) is 2.90. The van der Waals surface area contributed by atoms with Crippen LogP contribution in [0.2, 0.25) is 0 Å². The van der Waals surface area contributed by atoms with Crippen LogP contribution in [0.3, 0.4) is 0 Å². The summed E-state index contributed by atoms with van der Waals surface area (Å²) in [5, 5.41) is 0. The molecule has 0 bridgehead atoms. The Morgan fingerprint density at radius 2 is 2.22 bits per heavy atom. The van der Waals surface area contributed by atoms with Crippen LogP contribution in [0.5, 0.6) is 0 Å². The summed E-state index contributed by atoms with van der Waals surface area (Å²) in [5.74, 6) is 0.967. The van der Waals surface area contributed by atoms with Crippen molar-refractivity contribution in [3.63, 3.8) is 0 Å². The molecule has 0 aromatic heterocycles. The first-order valence-electron chi connectivity index (χ1n) is 3.64. The van der Waals surface area contributed by atoms with Crippen molar-refractivity contribution >= 4 is 22.9 Å². The highest BCUT2D eigenvalue weighted by atomic mass is 127. The summed E-state index contributed by atoms with van der Waals surface area (Å²) in [6, 6.07) is 0. The van der Waals surface area contributed by atoms with Gasteiger partial charge in [0.25, 0.3) is 0 Å². The van der Waals surface area contributed by atoms with Crippen LogP contribution < -0.4 is 0 Å². The topological polar surface area (TPSA) is 3.24 Å². The lowest BCUT2D eigenvalue weighted by molar-refractivity contribution is 0.431. The zero-order valence-corrected chi connectivity index (χ0v) is 7.89. The van der Waals surface area contributed by atoms with Gasteiger partial charge in [0.2, 0.25) is 0 Å². The van der Waals surface area contributed by atoms with E-state index in [-0.39, 0.29) is 0 Å². The Morgan fingerprint density at radius 1 is 1.56 bits per heavy atom. The van der Waals surface area contributed by atoms with Crippen LogP contribution in [-0.4, -0.2) is 16.2 Å². The lowest BCUT2D eigenvalue weighted by Crippen LogP contribution is -2.08. The normalized spacial score (nSPS) is 40.0. The molecule has 1 spiro atoms. The number of nitrogens with zero attached hydrogens (tertiary/aromatic N) is 1. The number of rotatable bonds is 0. The van der Waals surface area contributed by atoms with Crippen LogP contribution in [-0.2, 0) is 0 Å². The molecule has 1 nitrogen and oxygen atoms in total. The van der Waals surface area contributed by atoms with Gasteiger partial charge in [0.1, 0.15) is 0 Å². The third-order valence-corrected chi connectivity index (χ3v) is 3.63. The SMILES string of the molecule is C[C@H]1CN(I)CC12CC2. The molecule has 9 heavy (non-hydrogen) atoms. The van der Waals surface area contributed by atoms with E-state index in [2.05, 4.69) is 32.9 Å². The van der Waals surface area contributed by atoms with E-state index in [9.17, 15) is 0 Å². The molecule has 1 aliphatic heterocycles. The first-order valence-corrected chi connectivity index (χ1v) is 4.60. The number of hydrogen-bond donors (Lipinski definition) is 0. The highest BCUT2D eigenvalue weighted by Gasteiger charge is 2.52. The summed E-state index contributed by atoms with van der Waals surface area (Å²) in [7, 11) is 0. The van der Waals surface area contributed by atoms with Crippen molar-refractivity contribution in [2.24, 2.45) is 11.3 Å². The van der Waals surface area contributed by atoms with Gasteiger partial charge in [0.15, 0.2) is 0 Å². The second kappa shape index (κ2) is 1.84. The van der Waals surface area contributed by atoms with Gasteiger partial charge in [-0.05, 0) is 24.2 Å². The van der Waals surface area contributed by atoms with Gasteiger partial charge in [-0.15, -0.1) is 0 Å². The van der Waals surface area contributed by atoms with Crippen molar-refractivity contribution in [1.82, 2.24) is 3.11 Å². The maximum atomic E-state index is 2.45. The second-order valence-electron chi connectivity index (χ2n) is 3.57. The fourth-order valence-corrected chi connectivity index (χ4v) is 3.13. The molecule has 2 rings (SSSR count). The summed E-state index contributed by atoms with van der Waals surface area (Å²) in [6.45, 7) is 5.07. The largest absolute Gasteiger partial charge is 0.247 e. The van der Waals surface area contributed by atoms with E-state index in [0.717, 1.165) is 11.3 Å². The summed E-state index contributed by atoms with van der Waals surface area (Å²) in [4.78, 5) is 0. The summed E-state index contributed by atoms with van der Waals surface area (Å²) in [6.07, 6.45) is 2.99. The van der Waals surface area contributed by atoms with Crippen LogP contribution in [0.4, 0.5) is 0 Å². The van der Waals surface area contributed by atoms with Crippen LogP contribution in [0.25, 0.3) is 0 Å². The number of halogens is 1. The summed E-state index contributed by atoms with van der Waals surface area (Å²) in [5.41, 5.74) is 0.793. The molecule has 0 unspecified atom stereocenters. The van der Waals surface area contributed by atoms with E-state index in [0.29, 0.717) is 0 Å². The van der Waals surface area contributed by atoms with Crippen molar-refractivity contribution < 1.29 is 0 Å². The maximum Gasteiger partial charge on any atom is 0.0201 e. The minimum absolute atomic E-state index is 0.793. The first-order chi connectivity index (χ1) is 4.23. The average Bonchev–Trinajstić information content (AvgIpc) is 2.42. The fourth-order valence-electron chi connectivity index (χ4n) is 1.86. The Kier molecular flexibility index (Phi) is 1.31. The minimum atomic E-state index is 0.793. The standard InChI is InChI=1S/C7H12IN/c1-6-4-9(8)5-7(6)2-3-7/h6H,2-5H2,1H3/t6-/m0/s1. The van der Waals surface area contributed by atoms with Gasteiger partial charge in [0.05, 0.1) is 0 Å². The van der Waals surface area contributed by atoms with Crippen molar-refractivity contribution in [3.8, 4) is 0 Å². The number of hydrogen-bond acceptors (Lipinski definition) is 1. The predicted molar refractivity (Wildman–Crippen MR) is 46.4 cm³/mol. The molecule has 2 fully saturated rings. The molecule has 0 aromatic carbocycles. The van der Waals surface area contributed by atoms with E-state index in [1.165, 1.54) is 25.9 Å². The van der Waals surface area contributed by atoms with E-state index < -0.39 is 0 Å². The van der Waals surface area contributed by atoms with E-state index in [4.69, 9.17) is 0 Å². The molecule has 0 N–H and O–H groups in total. The molecule has 1 saturated carbocycles. The zero-order chi connectivity index (χ0) is 6.48. The van der Waals surface area contributed by atoms with E-state index in [1.807, 2.05) is 0 Å². The van der Waals surface area contributed by atoms with Gasteiger partial charge in [-0.1, -0.05) is 6.92 Å². The summed E-state index contributed by atoms with van der Waals surface area (Å²) >= 11 is 2.45. The molecule has 1 saturated heterocycles. The van der Waals surface area contributed by atoms with Crippen LogP contribution in [0.15, 0.2) is 0 Å². The van der Waals surface area contributed by atoms with Crippen LogP contribution >= 0.6 is 22.9 Å². The molecule has 1 atom stereocenters. The monoisotopic (exact) mass is 237 g/mol. The van der Waals surface area contributed by atoms with Crippen molar-refractivity contribution in [3.05, 3.63) is 0 Å². The van der Waals surface area contributed by atoms with Gasteiger partial charge in [-0.2, -0.15) is 0 Å². The highest BCUT2D eigenvalue weighted by molar-refractivity contribution is 14.1. The Labute approximate surface area is 70.3 Å². The molecule has 2 heteroatoms. The van der Waals surface area contributed by atoms with Crippen molar-refractivity contribution in [2.75, 3.05) is 13.1 Å². The molecule has 0 amide bonds. The van der Waals surface area contributed by atoms with Gasteiger partial charge >= 0.3 is 0 Å². The molecule has 2 aliphatic rings. The Hall–Kier alpha value is 0.690. The molecule has 52 valence electrons. The zero-order valence-electron chi connectivity index (χ0n) is 5.73. The lowest BCUT2D eigenvalue weighted by atomic mass is 9.95. The fraction of sp³-hybridized carbons (Fsp3) is 1.00. The second-order valence-corrected chi connectivity index (χ2v) is 4.93. The minimum Gasteiger partial charge on any atom is -0.247 e. The average molecular weight is 237 g/mol. The van der Waals surface area contributed by atoms with Crippen LogP contribution in [0.1, 0.15) is 19.8 Å². The first kappa shape index (κ1) is 6.40. The quantitative estimate of drug-likeness (QED) is 0.460. The lowest BCUT2D eigenvalue weighted by Gasteiger charge is -2.08. The summed E-state index contributed by atoms with van der Waals surface area (Å²) < 4.78 is 2.44. The Bertz CT molecular complexity index is 131. The predicted octanol–water partition coefficient (Wildman–Crippen LogP) is 2.07. The molecular formula is C7H12IN. The maximum absolute atomic E-state index is 2.45. The molecule has 1 aliphatic carbocycles. The molecule has 0 radical (unpaired) electrons. The molecule has 0 aromatic rings. The van der Waals surface area contributed by atoms with Gasteiger partial charge in [-0.25, -0.2) is 3.11 Å². The van der Waals surface area contributed by atoms with Gasteiger partial charge < -0.3 is 0 Å². The van der Waals surface area contributed by atoms with Gasteiger partial charge in [-0.3, -0.25) is 0 Å². The Balaban J connectivity index is 2.10. The smallest absolute Gasteiger partial charge is 0.0201 e. The molecular weight excluding hydrogens is 225 g/mol.